The zero-order chi connectivity index (χ0) is 12.0. The lowest BCUT2D eigenvalue weighted by Crippen LogP contribution is -2.65. The number of hydrazone groups is 1. The summed E-state index contributed by atoms with van der Waals surface area (Å²) in [6.45, 7) is 6.11. The van der Waals surface area contributed by atoms with E-state index < -0.39 is 5.60 Å². The Morgan fingerprint density at radius 2 is 2.25 bits per heavy atom. The predicted octanol–water partition coefficient (Wildman–Crippen LogP) is 1.50. The molecule has 5 heteroatoms. The van der Waals surface area contributed by atoms with Crippen molar-refractivity contribution >= 4 is 11.4 Å². The first kappa shape index (κ1) is 11.4. The van der Waals surface area contributed by atoms with Crippen LogP contribution in [0.25, 0.3) is 0 Å². The molecule has 2 bridgehead atoms. The number of rotatable bonds is 1. The molecule has 0 radical (unpaired) electrons. The van der Waals surface area contributed by atoms with Crippen molar-refractivity contribution in [1.82, 2.24) is 0 Å². The van der Waals surface area contributed by atoms with Gasteiger partial charge >= 0.3 is 0 Å². The normalized spacial score (nSPS) is 47.8. The van der Waals surface area contributed by atoms with Gasteiger partial charge in [-0.05, 0) is 33.1 Å². The summed E-state index contributed by atoms with van der Waals surface area (Å²) in [6.07, 6.45) is 2.71. The van der Waals surface area contributed by atoms with Crippen LogP contribution >= 0.6 is 0 Å². The summed E-state index contributed by atoms with van der Waals surface area (Å²) in [4.78, 5) is 0. The topological polar surface area (TPSA) is 80.2 Å². The predicted molar refractivity (Wildman–Crippen MR) is 61.8 cm³/mol. The van der Waals surface area contributed by atoms with Crippen molar-refractivity contribution in [2.24, 2.45) is 22.0 Å². The third-order valence-corrected chi connectivity index (χ3v) is 4.12. The smallest absolute Gasteiger partial charge is 0.117 e. The minimum Gasteiger partial charge on any atom is -0.411 e. The Morgan fingerprint density at radius 3 is 2.75 bits per heavy atom. The lowest BCUT2D eigenvalue weighted by molar-refractivity contribution is -0.165. The van der Waals surface area contributed by atoms with Crippen molar-refractivity contribution in [3.8, 4) is 0 Å². The fourth-order valence-corrected chi connectivity index (χ4v) is 3.03. The van der Waals surface area contributed by atoms with Gasteiger partial charge in [-0.1, -0.05) is 12.1 Å². The van der Waals surface area contributed by atoms with Crippen LogP contribution in [0.5, 0.6) is 0 Å². The molecular weight excluding hydrogens is 206 g/mol. The molecule has 16 heavy (non-hydrogen) atoms. The second-order valence-corrected chi connectivity index (χ2v) is 5.05. The molecule has 1 saturated carbocycles. The van der Waals surface area contributed by atoms with E-state index in [1.54, 1.807) is 0 Å². The number of nitrogens with two attached hydrogens (primary N) is 1. The van der Waals surface area contributed by atoms with Crippen molar-refractivity contribution in [2.75, 3.05) is 0 Å². The molecule has 3 atom stereocenters. The van der Waals surface area contributed by atoms with Crippen molar-refractivity contribution in [2.45, 2.75) is 51.2 Å². The number of nitrogens with zero attached hydrogens (tertiary/aromatic N) is 2. The van der Waals surface area contributed by atoms with E-state index in [1.165, 1.54) is 0 Å². The highest BCUT2D eigenvalue weighted by atomic mass is 16.5. The summed E-state index contributed by atoms with van der Waals surface area (Å²) in [5.74, 6) is 5.48. The molecule has 2 saturated heterocycles. The molecule has 3 rings (SSSR count). The first-order chi connectivity index (χ1) is 7.50. The average molecular weight is 225 g/mol. The summed E-state index contributed by atoms with van der Waals surface area (Å²) in [5, 5.41) is 16.3. The first-order valence-electron chi connectivity index (χ1n) is 5.71. The fraction of sp³-hybridized carbons (Fsp3) is 0.818. The zero-order valence-electron chi connectivity index (χ0n) is 10.0. The van der Waals surface area contributed by atoms with Gasteiger partial charge in [-0.2, -0.15) is 5.10 Å². The molecule has 2 aliphatic heterocycles. The summed E-state index contributed by atoms with van der Waals surface area (Å²) in [7, 11) is 0. The van der Waals surface area contributed by atoms with Crippen LogP contribution in [0.15, 0.2) is 10.3 Å². The van der Waals surface area contributed by atoms with Gasteiger partial charge in [0.1, 0.15) is 17.0 Å². The van der Waals surface area contributed by atoms with Gasteiger partial charge in [0.05, 0.1) is 5.60 Å². The lowest BCUT2D eigenvalue weighted by atomic mass is 9.65. The molecule has 2 heterocycles. The molecule has 3 fully saturated rings. The molecule has 0 aromatic heterocycles. The van der Waals surface area contributed by atoms with Gasteiger partial charge in [-0.15, -0.1) is 0 Å². The summed E-state index contributed by atoms with van der Waals surface area (Å²) >= 11 is 0. The Morgan fingerprint density at radius 1 is 1.56 bits per heavy atom. The van der Waals surface area contributed by atoms with Crippen molar-refractivity contribution < 1.29 is 9.94 Å². The van der Waals surface area contributed by atoms with Gasteiger partial charge in [-0.25, -0.2) is 0 Å². The molecular formula is C11H19N3O2. The van der Waals surface area contributed by atoms with Crippen molar-refractivity contribution in [3.05, 3.63) is 0 Å². The molecule has 3 N–H and O–H groups in total. The minimum atomic E-state index is -0.504. The van der Waals surface area contributed by atoms with E-state index in [2.05, 4.69) is 24.1 Å². The van der Waals surface area contributed by atoms with Crippen LogP contribution in [0, 0.1) is 5.92 Å². The maximum Gasteiger partial charge on any atom is 0.117 e. The number of hydrogen-bond donors (Lipinski definition) is 2. The zero-order valence-corrected chi connectivity index (χ0v) is 10.0. The number of fused-ring (bicyclic) bond motifs is 3. The molecule has 3 unspecified atom stereocenters. The Kier molecular flexibility index (Phi) is 2.45. The molecule has 5 nitrogen and oxygen atoms in total. The van der Waals surface area contributed by atoms with Crippen LogP contribution in [0.2, 0.25) is 0 Å². The third kappa shape index (κ3) is 1.27. The van der Waals surface area contributed by atoms with E-state index in [0.29, 0.717) is 11.4 Å². The van der Waals surface area contributed by atoms with Crippen molar-refractivity contribution in [3.63, 3.8) is 0 Å². The molecule has 0 amide bonds. The summed E-state index contributed by atoms with van der Waals surface area (Å²) in [6, 6.07) is 0. The van der Waals surface area contributed by atoms with Gasteiger partial charge in [0.15, 0.2) is 0 Å². The molecule has 3 aliphatic rings. The number of ether oxygens (including phenoxy) is 1. The number of oxime groups is 1. The van der Waals surface area contributed by atoms with E-state index in [-0.39, 0.29) is 11.5 Å². The summed E-state index contributed by atoms with van der Waals surface area (Å²) in [5.41, 5.74) is 0.419. The Labute approximate surface area is 95.3 Å². The highest BCUT2D eigenvalue weighted by Gasteiger charge is 2.57. The van der Waals surface area contributed by atoms with Crippen LogP contribution in [-0.4, -0.2) is 27.8 Å². The van der Waals surface area contributed by atoms with Crippen LogP contribution < -0.4 is 5.84 Å². The van der Waals surface area contributed by atoms with Gasteiger partial charge in [0, 0.05) is 5.92 Å². The van der Waals surface area contributed by atoms with Gasteiger partial charge in [0.2, 0.25) is 0 Å². The minimum absolute atomic E-state index is 0.0895. The lowest BCUT2D eigenvalue weighted by Gasteiger charge is -2.55. The van der Waals surface area contributed by atoms with Crippen LogP contribution in [0.1, 0.15) is 40.0 Å². The maximum atomic E-state index is 9.15. The van der Waals surface area contributed by atoms with Crippen LogP contribution in [-0.2, 0) is 4.74 Å². The van der Waals surface area contributed by atoms with E-state index in [0.717, 1.165) is 19.3 Å². The maximum absolute atomic E-state index is 9.15. The van der Waals surface area contributed by atoms with Crippen LogP contribution in [0.3, 0.4) is 0 Å². The second-order valence-electron chi connectivity index (χ2n) is 5.05. The monoisotopic (exact) mass is 225 g/mol. The number of hydrogen-bond acceptors (Lipinski definition) is 5. The van der Waals surface area contributed by atoms with E-state index in [4.69, 9.17) is 15.8 Å². The average Bonchev–Trinajstić information content (AvgIpc) is 2.27. The standard InChI is InChI=1S/C11H19N3O2/c1-4-10(2)7-5-6-11(3,16-10)9(13-12)8(7)14-15/h7,15H,4-6,12H2,1-3H3. The van der Waals surface area contributed by atoms with Gasteiger partial charge in [-0.3, -0.25) is 0 Å². The van der Waals surface area contributed by atoms with Gasteiger partial charge < -0.3 is 15.8 Å². The molecule has 0 aromatic carbocycles. The highest BCUT2D eigenvalue weighted by Crippen LogP contribution is 2.48. The third-order valence-electron chi connectivity index (χ3n) is 4.12. The molecule has 0 spiro atoms. The van der Waals surface area contributed by atoms with E-state index >= 15 is 0 Å². The van der Waals surface area contributed by atoms with Crippen LogP contribution in [0.4, 0.5) is 0 Å². The molecule has 90 valence electrons. The molecule has 1 aliphatic carbocycles. The quantitative estimate of drug-likeness (QED) is 0.403. The van der Waals surface area contributed by atoms with Gasteiger partial charge in [0.25, 0.3) is 0 Å². The molecule has 0 aromatic rings. The summed E-state index contributed by atoms with van der Waals surface area (Å²) < 4.78 is 6.14. The SMILES string of the molecule is CCC1(C)OC2(C)CCC1C(=NO)C2=NN. The van der Waals surface area contributed by atoms with E-state index in [1.807, 2.05) is 6.92 Å². The Hall–Kier alpha value is -1.10. The largest absolute Gasteiger partial charge is 0.411 e. The fourth-order valence-electron chi connectivity index (χ4n) is 3.03. The second kappa shape index (κ2) is 3.45. The van der Waals surface area contributed by atoms with E-state index in [9.17, 15) is 0 Å². The highest BCUT2D eigenvalue weighted by molar-refractivity contribution is 6.47. The Balaban J connectivity index is 2.51. The Bertz CT molecular complexity index is 366. The van der Waals surface area contributed by atoms with Crippen molar-refractivity contribution in [1.29, 1.82) is 0 Å². The first-order valence-corrected chi connectivity index (χ1v) is 5.71.